The maximum Gasteiger partial charge on any atom is 0.410 e. The summed E-state index contributed by atoms with van der Waals surface area (Å²) in [6.45, 7) is 5.10. The van der Waals surface area contributed by atoms with Gasteiger partial charge in [0, 0.05) is 31.0 Å². The predicted molar refractivity (Wildman–Crippen MR) is 123 cm³/mol. The Kier molecular flexibility index (Phi) is 7.97. The standard InChI is InChI=1S/C26H28N2O4/c1-4-28(26(30)32-18-20-8-6-5-7-9-20)17-23-12-19(2)10-11-24(23)22-13-21(15-27-16-22)14-25(29)31-3/h5-13,15-16H,4,14,17-18H2,1-3H3. The first-order valence-electron chi connectivity index (χ1n) is 10.6. The second-order valence-corrected chi connectivity index (χ2v) is 7.55. The second-order valence-electron chi connectivity index (χ2n) is 7.55. The van der Waals surface area contributed by atoms with Crippen molar-refractivity contribution in [3.8, 4) is 11.1 Å². The van der Waals surface area contributed by atoms with Gasteiger partial charge in [0.2, 0.25) is 0 Å². The molecule has 0 saturated carbocycles. The number of methoxy groups -OCH3 is 1. The molecule has 1 aromatic heterocycles. The number of aryl methyl sites for hydroxylation is 1. The van der Waals surface area contributed by atoms with Crippen LogP contribution in [0.3, 0.4) is 0 Å². The first-order chi connectivity index (χ1) is 15.5. The van der Waals surface area contributed by atoms with Gasteiger partial charge in [-0.15, -0.1) is 0 Å². The fourth-order valence-corrected chi connectivity index (χ4v) is 3.43. The third-order valence-corrected chi connectivity index (χ3v) is 5.15. The average molecular weight is 433 g/mol. The minimum atomic E-state index is -0.360. The number of hydrogen-bond donors (Lipinski definition) is 0. The van der Waals surface area contributed by atoms with Gasteiger partial charge in [0.15, 0.2) is 0 Å². The van der Waals surface area contributed by atoms with Gasteiger partial charge in [-0.25, -0.2) is 4.79 Å². The number of aromatic nitrogens is 1. The Bertz CT molecular complexity index is 1070. The molecule has 0 saturated heterocycles. The monoisotopic (exact) mass is 432 g/mol. The Labute approximate surface area is 188 Å². The summed E-state index contributed by atoms with van der Waals surface area (Å²) in [5.74, 6) is -0.314. The molecule has 0 radical (unpaired) electrons. The van der Waals surface area contributed by atoms with Gasteiger partial charge in [0.1, 0.15) is 6.61 Å². The van der Waals surface area contributed by atoms with Crippen LogP contribution in [0.4, 0.5) is 4.79 Å². The summed E-state index contributed by atoms with van der Waals surface area (Å²) in [4.78, 5) is 30.4. The fourth-order valence-electron chi connectivity index (χ4n) is 3.43. The smallest absolute Gasteiger partial charge is 0.410 e. The van der Waals surface area contributed by atoms with Crippen molar-refractivity contribution in [1.82, 2.24) is 9.88 Å². The molecule has 0 aliphatic heterocycles. The lowest BCUT2D eigenvalue weighted by Crippen LogP contribution is -2.31. The molecule has 6 heteroatoms. The zero-order chi connectivity index (χ0) is 22.9. The Hall–Kier alpha value is -3.67. The van der Waals surface area contributed by atoms with Crippen LogP contribution in [0.5, 0.6) is 0 Å². The number of ether oxygens (including phenoxy) is 2. The van der Waals surface area contributed by atoms with Crippen molar-refractivity contribution in [2.45, 2.75) is 33.4 Å². The van der Waals surface area contributed by atoms with E-state index in [0.717, 1.165) is 33.4 Å². The van der Waals surface area contributed by atoms with Gasteiger partial charge in [0.05, 0.1) is 13.5 Å². The van der Waals surface area contributed by atoms with E-state index in [2.05, 4.69) is 11.1 Å². The van der Waals surface area contributed by atoms with Crippen molar-refractivity contribution in [1.29, 1.82) is 0 Å². The van der Waals surface area contributed by atoms with Gasteiger partial charge in [-0.1, -0.05) is 54.1 Å². The zero-order valence-electron chi connectivity index (χ0n) is 18.7. The summed E-state index contributed by atoms with van der Waals surface area (Å²) in [7, 11) is 1.37. The molecule has 0 unspecified atom stereocenters. The highest BCUT2D eigenvalue weighted by Gasteiger charge is 2.17. The number of hydrogen-bond acceptors (Lipinski definition) is 5. The Morgan fingerprint density at radius 3 is 2.50 bits per heavy atom. The summed E-state index contributed by atoms with van der Waals surface area (Å²) in [5, 5.41) is 0. The quantitative estimate of drug-likeness (QED) is 0.472. The van der Waals surface area contributed by atoms with E-state index in [1.54, 1.807) is 17.3 Å². The van der Waals surface area contributed by atoms with Gasteiger partial charge in [0.25, 0.3) is 0 Å². The molecule has 32 heavy (non-hydrogen) atoms. The van der Waals surface area contributed by atoms with Crippen LogP contribution in [-0.2, 0) is 33.8 Å². The lowest BCUT2D eigenvalue weighted by molar-refractivity contribution is -0.139. The number of pyridine rings is 1. The van der Waals surface area contributed by atoms with Crippen LogP contribution in [0.25, 0.3) is 11.1 Å². The highest BCUT2D eigenvalue weighted by molar-refractivity contribution is 5.74. The molecule has 0 spiro atoms. The number of nitrogens with zero attached hydrogens (tertiary/aromatic N) is 2. The molecule has 166 valence electrons. The lowest BCUT2D eigenvalue weighted by Gasteiger charge is -2.22. The van der Waals surface area contributed by atoms with E-state index < -0.39 is 0 Å². The molecule has 1 amide bonds. The van der Waals surface area contributed by atoms with Crippen LogP contribution in [0.2, 0.25) is 0 Å². The topological polar surface area (TPSA) is 68.7 Å². The third-order valence-electron chi connectivity index (χ3n) is 5.15. The van der Waals surface area contributed by atoms with E-state index in [9.17, 15) is 9.59 Å². The predicted octanol–water partition coefficient (Wildman–Crippen LogP) is 4.93. The van der Waals surface area contributed by atoms with E-state index in [0.29, 0.717) is 13.1 Å². The first kappa shape index (κ1) is 23.0. The number of esters is 1. The number of amides is 1. The van der Waals surface area contributed by atoms with Gasteiger partial charge >= 0.3 is 12.1 Å². The maximum absolute atomic E-state index is 12.7. The minimum Gasteiger partial charge on any atom is -0.469 e. The normalized spacial score (nSPS) is 10.5. The van der Waals surface area contributed by atoms with Gasteiger partial charge in [-0.05, 0) is 42.2 Å². The van der Waals surface area contributed by atoms with Crippen LogP contribution < -0.4 is 0 Å². The molecule has 0 aliphatic rings. The van der Waals surface area contributed by atoms with Crippen molar-refractivity contribution in [3.63, 3.8) is 0 Å². The van der Waals surface area contributed by atoms with Crippen LogP contribution >= 0.6 is 0 Å². The van der Waals surface area contributed by atoms with Crippen LogP contribution in [0.1, 0.15) is 29.2 Å². The van der Waals surface area contributed by atoms with E-state index >= 15 is 0 Å². The second kappa shape index (κ2) is 11.1. The van der Waals surface area contributed by atoms with Crippen molar-refractivity contribution in [3.05, 3.63) is 89.2 Å². The molecule has 1 heterocycles. The van der Waals surface area contributed by atoms with Gasteiger partial charge < -0.3 is 14.4 Å². The zero-order valence-corrected chi connectivity index (χ0v) is 18.7. The van der Waals surface area contributed by atoms with Crippen molar-refractivity contribution >= 4 is 12.1 Å². The van der Waals surface area contributed by atoms with E-state index in [4.69, 9.17) is 9.47 Å². The summed E-state index contributed by atoms with van der Waals surface area (Å²) in [5.41, 5.74) is 5.65. The van der Waals surface area contributed by atoms with Crippen molar-refractivity contribution in [2.24, 2.45) is 0 Å². The summed E-state index contributed by atoms with van der Waals surface area (Å²) >= 11 is 0. The van der Waals surface area contributed by atoms with Crippen LogP contribution in [0.15, 0.2) is 67.0 Å². The van der Waals surface area contributed by atoms with Crippen molar-refractivity contribution < 1.29 is 19.1 Å². The summed E-state index contributed by atoms with van der Waals surface area (Å²) < 4.78 is 10.3. The number of carbonyl (C=O) groups excluding carboxylic acids is 2. The number of benzene rings is 2. The number of rotatable bonds is 8. The Balaban J connectivity index is 1.80. The SMILES string of the molecule is CCN(Cc1cc(C)ccc1-c1cncc(CC(=O)OC)c1)C(=O)OCc1ccccc1. The van der Waals surface area contributed by atoms with E-state index in [-0.39, 0.29) is 25.1 Å². The molecular formula is C26H28N2O4. The molecule has 0 aliphatic carbocycles. The molecule has 0 atom stereocenters. The highest BCUT2D eigenvalue weighted by atomic mass is 16.6. The Morgan fingerprint density at radius 1 is 1.00 bits per heavy atom. The minimum absolute atomic E-state index is 0.158. The fraction of sp³-hybridized carbons (Fsp3) is 0.269. The van der Waals surface area contributed by atoms with E-state index in [1.807, 2.05) is 62.4 Å². The van der Waals surface area contributed by atoms with Crippen molar-refractivity contribution in [2.75, 3.05) is 13.7 Å². The highest BCUT2D eigenvalue weighted by Crippen LogP contribution is 2.27. The molecule has 0 N–H and O–H groups in total. The van der Waals surface area contributed by atoms with Crippen LogP contribution in [-0.4, -0.2) is 35.6 Å². The van der Waals surface area contributed by atoms with Gasteiger partial charge in [-0.3, -0.25) is 9.78 Å². The summed E-state index contributed by atoms with van der Waals surface area (Å²) in [6, 6.07) is 17.7. The molecule has 3 rings (SSSR count). The first-order valence-corrected chi connectivity index (χ1v) is 10.6. The number of carbonyl (C=O) groups is 2. The molecule has 3 aromatic rings. The largest absolute Gasteiger partial charge is 0.469 e. The van der Waals surface area contributed by atoms with Crippen LogP contribution in [0, 0.1) is 6.92 Å². The molecule has 0 fully saturated rings. The third kappa shape index (κ3) is 6.17. The molecule has 0 bridgehead atoms. The molecule has 2 aromatic carbocycles. The van der Waals surface area contributed by atoms with E-state index in [1.165, 1.54) is 7.11 Å². The van der Waals surface area contributed by atoms with Gasteiger partial charge in [-0.2, -0.15) is 0 Å². The average Bonchev–Trinajstić information content (AvgIpc) is 2.81. The lowest BCUT2D eigenvalue weighted by atomic mass is 9.97. The molecular weight excluding hydrogens is 404 g/mol. The maximum atomic E-state index is 12.7. The Morgan fingerprint density at radius 2 is 1.78 bits per heavy atom. The molecule has 6 nitrogen and oxygen atoms in total. The summed E-state index contributed by atoms with van der Waals surface area (Å²) in [6.07, 6.45) is 3.22.